The highest BCUT2D eigenvalue weighted by Crippen LogP contribution is 2.17. The van der Waals surface area contributed by atoms with Gasteiger partial charge in [-0.2, -0.15) is 0 Å². The Morgan fingerprint density at radius 3 is 2.60 bits per heavy atom. The average Bonchev–Trinajstić information content (AvgIpc) is 2.18. The first kappa shape index (κ1) is 12.6. The van der Waals surface area contributed by atoms with Crippen molar-refractivity contribution in [2.75, 3.05) is 0 Å². The normalized spacial score (nSPS) is 22.0. The molecule has 1 aliphatic rings. The van der Waals surface area contributed by atoms with Crippen LogP contribution in [-0.4, -0.2) is 26.0 Å². The summed E-state index contributed by atoms with van der Waals surface area (Å²) in [4.78, 5) is 11.4. The van der Waals surface area contributed by atoms with Crippen LogP contribution in [0.5, 0.6) is 0 Å². The first-order valence-electron chi connectivity index (χ1n) is 5.47. The molecule has 2 atom stereocenters. The van der Waals surface area contributed by atoms with E-state index >= 15 is 0 Å². The van der Waals surface area contributed by atoms with Crippen LogP contribution in [0.2, 0.25) is 0 Å². The maximum Gasteiger partial charge on any atom is 0.221 e. The Balaban J connectivity index is 2.25. The molecule has 1 unspecified atom stereocenters. The predicted octanol–water partition coefficient (Wildman–Crippen LogP) is 1.09. The zero-order valence-corrected chi connectivity index (χ0v) is 9.85. The Morgan fingerprint density at radius 1 is 1.47 bits per heavy atom. The van der Waals surface area contributed by atoms with Crippen molar-refractivity contribution in [3.63, 3.8) is 0 Å². The molecule has 0 saturated heterocycles. The number of hydrogen-bond acceptors (Lipinski definition) is 3. The van der Waals surface area contributed by atoms with Gasteiger partial charge < -0.3 is 9.87 Å². The molecule has 0 aromatic rings. The molecule has 1 rings (SSSR count). The van der Waals surface area contributed by atoms with E-state index < -0.39 is 16.3 Å². The molecule has 15 heavy (non-hydrogen) atoms. The number of nitrogens with one attached hydrogen (secondary N) is 1. The van der Waals surface area contributed by atoms with E-state index in [2.05, 4.69) is 5.32 Å². The van der Waals surface area contributed by atoms with Gasteiger partial charge in [-0.1, -0.05) is 37.3 Å². The van der Waals surface area contributed by atoms with Crippen molar-refractivity contribution in [1.29, 1.82) is 0 Å². The Kier molecular flexibility index (Phi) is 5.25. The molecule has 1 aliphatic carbocycles. The van der Waals surface area contributed by atoms with Gasteiger partial charge >= 0.3 is 0 Å². The van der Waals surface area contributed by atoms with E-state index in [1.807, 2.05) is 0 Å². The van der Waals surface area contributed by atoms with Crippen LogP contribution >= 0.6 is 0 Å². The lowest BCUT2D eigenvalue weighted by molar-refractivity contribution is -0.121. The highest BCUT2D eigenvalue weighted by molar-refractivity contribution is 7.79. The standard InChI is InChI=1S/C10H19NO3S/c1-8(15(13)14)7-10(12)11-9-5-3-2-4-6-9/h8-9H,2-7H2,1H3,(H,11,12)(H,13,14)/p-1/t8-/m1/s1. The van der Waals surface area contributed by atoms with Gasteiger partial charge in [0, 0.05) is 17.7 Å². The molecule has 0 aliphatic heterocycles. The third-order valence-corrected chi connectivity index (χ3v) is 3.60. The van der Waals surface area contributed by atoms with E-state index in [0.29, 0.717) is 0 Å². The number of carbonyl (C=O) groups excluding carboxylic acids is 1. The van der Waals surface area contributed by atoms with E-state index in [9.17, 15) is 13.6 Å². The van der Waals surface area contributed by atoms with Crippen molar-refractivity contribution in [2.24, 2.45) is 0 Å². The second kappa shape index (κ2) is 6.23. The molecule has 0 radical (unpaired) electrons. The van der Waals surface area contributed by atoms with Crippen molar-refractivity contribution < 1.29 is 13.6 Å². The van der Waals surface area contributed by atoms with Gasteiger partial charge in [0.25, 0.3) is 0 Å². The summed E-state index contributed by atoms with van der Waals surface area (Å²) in [6.45, 7) is 1.55. The van der Waals surface area contributed by atoms with Gasteiger partial charge in [-0.25, -0.2) is 0 Å². The third-order valence-electron chi connectivity index (χ3n) is 2.77. The zero-order valence-electron chi connectivity index (χ0n) is 9.03. The molecule has 0 heterocycles. The summed E-state index contributed by atoms with van der Waals surface area (Å²) in [6, 6.07) is 0.263. The lowest BCUT2D eigenvalue weighted by atomic mass is 9.95. The minimum Gasteiger partial charge on any atom is -0.772 e. The highest BCUT2D eigenvalue weighted by Gasteiger charge is 2.17. The van der Waals surface area contributed by atoms with Gasteiger partial charge in [0.15, 0.2) is 0 Å². The van der Waals surface area contributed by atoms with Crippen LogP contribution in [0.15, 0.2) is 0 Å². The SMILES string of the molecule is C[C@H](CC(=O)NC1CCCCC1)S(=O)[O-]. The van der Waals surface area contributed by atoms with Gasteiger partial charge in [-0.05, 0) is 12.8 Å². The molecule has 5 heteroatoms. The molecular formula is C10H18NO3S-. The average molecular weight is 232 g/mol. The van der Waals surface area contributed by atoms with E-state index in [4.69, 9.17) is 0 Å². The van der Waals surface area contributed by atoms with Crippen LogP contribution in [-0.2, 0) is 15.9 Å². The van der Waals surface area contributed by atoms with E-state index in [1.54, 1.807) is 6.92 Å². The fraction of sp³-hybridized carbons (Fsp3) is 0.900. The second-order valence-corrected chi connectivity index (χ2v) is 5.50. The van der Waals surface area contributed by atoms with Crippen LogP contribution in [0.3, 0.4) is 0 Å². The summed E-state index contributed by atoms with van der Waals surface area (Å²) in [6.07, 6.45) is 5.70. The third kappa shape index (κ3) is 4.75. The first-order chi connectivity index (χ1) is 7.09. The number of rotatable bonds is 4. The maximum atomic E-state index is 11.4. The topological polar surface area (TPSA) is 69.2 Å². The number of hydrogen-bond donors (Lipinski definition) is 1. The molecule has 0 bridgehead atoms. The molecule has 88 valence electrons. The molecular weight excluding hydrogens is 214 g/mol. The summed E-state index contributed by atoms with van der Waals surface area (Å²) in [5.41, 5.74) is 0. The van der Waals surface area contributed by atoms with E-state index in [1.165, 1.54) is 6.42 Å². The summed E-state index contributed by atoms with van der Waals surface area (Å²) in [5.74, 6) is -0.140. The van der Waals surface area contributed by atoms with Crippen LogP contribution < -0.4 is 5.32 Å². The Bertz CT molecular complexity index is 239. The van der Waals surface area contributed by atoms with Gasteiger partial charge in [0.2, 0.25) is 5.91 Å². The summed E-state index contributed by atoms with van der Waals surface area (Å²) in [7, 11) is 0. The van der Waals surface area contributed by atoms with E-state index in [-0.39, 0.29) is 18.4 Å². The lowest BCUT2D eigenvalue weighted by Gasteiger charge is -2.23. The first-order valence-corrected chi connectivity index (χ1v) is 6.61. The minimum atomic E-state index is -2.15. The maximum absolute atomic E-state index is 11.4. The quantitative estimate of drug-likeness (QED) is 0.738. The molecule has 0 aromatic heterocycles. The smallest absolute Gasteiger partial charge is 0.221 e. The summed E-state index contributed by atoms with van der Waals surface area (Å²) < 4.78 is 21.1. The van der Waals surface area contributed by atoms with Gasteiger partial charge in [0.05, 0.1) is 0 Å². The molecule has 1 amide bonds. The Hall–Kier alpha value is -0.420. The van der Waals surface area contributed by atoms with Crippen LogP contribution in [0, 0.1) is 0 Å². The Labute approximate surface area is 93.1 Å². The van der Waals surface area contributed by atoms with Crippen molar-refractivity contribution in [3.8, 4) is 0 Å². The van der Waals surface area contributed by atoms with Crippen LogP contribution in [0.25, 0.3) is 0 Å². The largest absolute Gasteiger partial charge is 0.772 e. The Morgan fingerprint density at radius 2 is 2.07 bits per heavy atom. The fourth-order valence-corrected chi connectivity index (χ4v) is 2.15. The summed E-state index contributed by atoms with van der Waals surface area (Å²) in [5, 5.41) is 2.30. The minimum absolute atomic E-state index is 0.0760. The number of carbonyl (C=O) groups is 1. The van der Waals surface area contributed by atoms with Crippen LogP contribution in [0.4, 0.5) is 0 Å². The van der Waals surface area contributed by atoms with Gasteiger partial charge in [-0.3, -0.25) is 9.00 Å². The molecule has 0 aromatic carbocycles. The molecule has 0 spiro atoms. The monoisotopic (exact) mass is 232 g/mol. The number of amides is 1. The van der Waals surface area contributed by atoms with Gasteiger partial charge in [-0.15, -0.1) is 0 Å². The van der Waals surface area contributed by atoms with Crippen molar-refractivity contribution in [2.45, 2.75) is 56.7 Å². The van der Waals surface area contributed by atoms with Crippen LogP contribution in [0.1, 0.15) is 45.4 Å². The lowest BCUT2D eigenvalue weighted by Crippen LogP contribution is -2.37. The van der Waals surface area contributed by atoms with Gasteiger partial charge in [0.1, 0.15) is 0 Å². The molecule has 1 N–H and O–H groups in total. The van der Waals surface area contributed by atoms with Crippen molar-refractivity contribution in [1.82, 2.24) is 5.32 Å². The molecule has 1 fully saturated rings. The zero-order chi connectivity index (χ0) is 11.3. The van der Waals surface area contributed by atoms with Crippen molar-refractivity contribution >= 4 is 17.0 Å². The highest BCUT2D eigenvalue weighted by atomic mass is 32.2. The molecule has 1 saturated carbocycles. The fourth-order valence-electron chi connectivity index (χ4n) is 1.86. The summed E-state index contributed by atoms with van der Waals surface area (Å²) >= 11 is -2.15. The van der Waals surface area contributed by atoms with E-state index in [0.717, 1.165) is 25.7 Å². The second-order valence-electron chi connectivity index (χ2n) is 4.18. The van der Waals surface area contributed by atoms with Crippen molar-refractivity contribution in [3.05, 3.63) is 0 Å². The molecule has 4 nitrogen and oxygen atoms in total. The predicted molar refractivity (Wildman–Crippen MR) is 58.0 cm³/mol.